The van der Waals surface area contributed by atoms with Crippen molar-refractivity contribution < 1.29 is 18.7 Å². The van der Waals surface area contributed by atoms with E-state index in [2.05, 4.69) is 4.98 Å². The molecule has 0 radical (unpaired) electrons. The molecule has 0 bridgehead atoms. The molecule has 18 heavy (non-hydrogen) atoms. The van der Waals surface area contributed by atoms with Crippen molar-refractivity contribution in [2.24, 2.45) is 0 Å². The second-order valence-corrected chi connectivity index (χ2v) is 3.88. The lowest BCUT2D eigenvalue weighted by Crippen LogP contribution is -1.99. The Morgan fingerprint density at radius 2 is 1.72 bits per heavy atom. The molecule has 0 spiro atoms. The Hall–Kier alpha value is -2.01. The molecule has 0 aliphatic heterocycles. The van der Waals surface area contributed by atoms with Crippen LogP contribution in [0, 0.1) is 11.6 Å². The van der Waals surface area contributed by atoms with Crippen molar-refractivity contribution in [3.05, 3.63) is 52.8 Å². The van der Waals surface area contributed by atoms with Crippen molar-refractivity contribution in [2.45, 2.75) is 0 Å². The van der Waals surface area contributed by atoms with Gasteiger partial charge in [-0.2, -0.15) is 0 Å². The van der Waals surface area contributed by atoms with Crippen LogP contribution in [-0.4, -0.2) is 16.1 Å². The molecule has 0 fully saturated rings. The lowest BCUT2D eigenvalue weighted by molar-refractivity contribution is 0.0696. The topological polar surface area (TPSA) is 50.2 Å². The van der Waals surface area contributed by atoms with E-state index < -0.39 is 17.6 Å². The van der Waals surface area contributed by atoms with E-state index in [0.29, 0.717) is 0 Å². The van der Waals surface area contributed by atoms with Crippen molar-refractivity contribution in [1.82, 2.24) is 4.98 Å². The first-order valence-electron chi connectivity index (χ1n) is 4.82. The van der Waals surface area contributed by atoms with Gasteiger partial charge in [0, 0.05) is 17.8 Å². The predicted molar refractivity (Wildman–Crippen MR) is 61.6 cm³/mol. The average Bonchev–Trinajstić information content (AvgIpc) is 2.27. The van der Waals surface area contributed by atoms with Crippen molar-refractivity contribution in [3.63, 3.8) is 0 Å². The number of carbonyl (C=O) groups is 1. The number of rotatable bonds is 2. The molecule has 0 aliphatic carbocycles. The van der Waals surface area contributed by atoms with E-state index in [1.807, 2.05) is 0 Å². The van der Waals surface area contributed by atoms with E-state index in [4.69, 9.17) is 16.7 Å². The monoisotopic (exact) mass is 269 g/mol. The van der Waals surface area contributed by atoms with Gasteiger partial charge in [-0.3, -0.25) is 0 Å². The van der Waals surface area contributed by atoms with Crippen molar-refractivity contribution in [2.75, 3.05) is 0 Å². The summed E-state index contributed by atoms with van der Waals surface area (Å²) in [6, 6.07) is 4.11. The zero-order valence-electron chi connectivity index (χ0n) is 8.82. The first kappa shape index (κ1) is 12.4. The normalized spacial score (nSPS) is 10.4. The van der Waals surface area contributed by atoms with Crippen LogP contribution in [0.2, 0.25) is 5.15 Å². The largest absolute Gasteiger partial charge is 0.478 e. The van der Waals surface area contributed by atoms with Gasteiger partial charge >= 0.3 is 5.97 Å². The average molecular weight is 270 g/mol. The number of pyridine rings is 1. The fraction of sp³-hybridized carbons (Fsp3) is 0. The van der Waals surface area contributed by atoms with Gasteiger partial charge in [-0.25, -0.2) is 18.6 Å². The number of aromatic carboxylic acids is 1. The third-order valence-electron chi connectivity index (χ3n) is 2.27. The molecule has 92 valence electrons. The molecule has 3 nitrogen and oxygen atoms in total. The number of carboxylic acid groups (broad SMARTS) is 1. The summed E-state index contributed by atoms with van der Waals surface area (Å²) >= 11 is 5.60. The molecule has 1 heterocycles. The van der Waals surface area contributed by atoms with Crippen LogP contribution in [-0.2, 0) is 0 Å². The SMILES string of the molecule is O=C(O)c1cc(-c2cc(F)cc(F)c2)cnc1Cl. The predicted octanol–water partition coefficient (Wildman–Crippen LogP) is 3.38. The Labute approximate surface area is 106 Å². The van der Waals surface area contributed by atoms with Crippen molar-refractivity contribution >= 4 is 17.6 Å². The Morgan fingerprint density at radius 1 is 1.11 bits per heavy atom. The molecular formula is C12H6ClF2NO2. The Bertz CT molecular complexity index is 611. The lowest BCUT2D eigenvalue weighted by Gasteiger charge is -2.04. The number of carboxylic acids is 1. The van der Waals surface area contributed by atoms with Crippen LogP contribution >= 0.6 is 11.6 Å². The van der Waals surface area contributed by atoms with Gasteiger partial charge in [0.05, 0.1) is 5.56 Å². The Morgan fingerprint density at radius 3 is 2.28 bits per heavy atom. The van der Waals surface area contributed by atoms with Gasteiger partial charge in [-0.1, -0.05) is 11.6 Å². The minimum atomic E-state index is -1.26. The van der Waals surface area contributed by atoms with E-state index in [9.17, 15) is 13.6 Å². The van der Waals surface area contributed by atoms with Gasteiger partial charge in [-0.05, 0) is 23.8 Å². The van der Waals surface area contributed by atoms with E-state index in [1.54, 1.807) is 0 Å². The molecule has 0 aliphatic rings. The van der Waals surface area contributed by atoms with Crippen LogP contribution in [0.15, 0.2) is 30.5 Å². The van der Waals surface area contributed by atoms with Gasteiger partial charge in [0.2, 0.25) is 0 Å². The second kappa shape index (κ2) is 4.70. The summed E-state index contributed by atoms with van der Waals surface area (Å²) in [7, 11) is 0. The summed E-state index contributed by atoms with van der Waals surface area (Å²) < 4.78 is 26.1. The third-order valence-corrected chi connectivity index (χ3v) is 2.57. The molecule has 2 aromatic rings. The first-order chi connectivity index (χ1) is 8.47. The molecule has 0 unspecified atom stereocenters. The minimum absolute atomic E-state index is 0.178. The first-order valence-corrected chi connectivity index (χ1v) is 5.20. The molecule has 0 saturated carbocycles. The standard InChI is InChI=1S/C12H6ClF2NO2/c13-11-10(12(17)18)3-7(5-16-11)6-1-8(14)4-9(15)2-6/h1-5H,(H,17,18). The number of aromatic nitrogens is 1. The number of hydrogen-bond acceptors (Lipinski definition) is 2. The van der Waals surface area contributed by atoms with Gasteiger partial charge < -0.3 is 5.11 Å². The molecule has 0 atom stereocenters. The highest BCUT2D eigenvalue weighted by Crippen LogP contribution is 2.24. The number of nitrogens with zero attached hydrogens (tertiary/aromatic N) is 1. The van der Waals surface area contributed by atoms with E-state index in [1.165, 1.54) is 12.3 Å². The molecule has 0 saturated heterocycles. The molecule has 6 heteroatoms. The van der Waals surface area contributed by atoms with Gasteiger partial charge in [-0.15, -0.1) is 0 Å². The zero-order chi connectivity index (χ0) is 13.3. The number of hydrogen-bond donors (Lipinski definition) is 1. The molecule has 1 aromatic heterocycles. The van der Waals surface area contributed by atoms with E-state index >= 15 is 0 Å². The van der Waals surface area contributed by atoms with Crippen LogP contribution in [0.1, 0.15) is 10.4 Å². The fourth-order valence-corrected chi connectivity index (χ4v) is 1.66. The highest BCUT2D eigenvalue weighted by molar-refractivity contribution is 6.32. The number of halogens is 3. The Kier molecular flexibility index (Phi) is 3.25. The minimum Gasteiger partial charge on any atom is -0.478 e. The van der Waals surface area contributed by atoms with Crippen LogP contribution in [0.5, 0.6) is 0 Å². The van der Waals surface area contributed by atoms with Crippen LogP contribution in [0.4, 0.5) is 8.78 Å². The van der Waals surface area contributed by atoms with Crippen molar-refractivity contribution in [1.29, 1.82) is 0 Å². The number of benzene rings is 1. The van der Waals surface area contributed by atoms with Crippen LogP contribution in [0.3, 0.4) is 0 Å². The molecular weight excluding hydrogens is 264 g/mol. The zero-order valence-corrected chi connectivity index (χ0v) is 9.58. The van der Waals surface area contributed by atoms with Crippen LogP contribution in [0.25, 0.3) is 11.1 Å². The summed E-state index contributed by atoms with van der Waals surface area (Å²) in [5.41, 5.74) is 0.244. The molecule has 1 N–H and O–H groups in total. The second-order valence-electron chi connectivity index (χ2n) is 3.53. The summed E-state index contributed by atoms with van der Waals surface area (Å²) in [5.74, 6) is -2.76. The van der Waals surface area contributed by atoms with Gasteiger partial charge in [0.1, 0.15) is 16.8 Å². The summed E-state index contributed by atoms with van der Waals surface area (Å²) in [4.78, 5) is 14.5. The maximum absolute atomic E-state index is 13.0. The fourth-order valence-electron chi connectivity index (χ4n) is 1.48. The molecule has 0 amide bonds. The van der Waals surface area contributed by atoms with Gasteiger partial charge in [0.15, 0.2) is 0 Å². The maximum Gasteiger partial charge on any atom is 0.338 e. The molecule has 1 aromatic carbocycles. The van der Waals surface area contributed by atoms with Crippen molar-refractivity contribution in [3.8, 4) is 11.1 Å². The van der Waals surface area contributed by atoms with Crippen LogP contribution < -0.4 is 0 Å². The highest BCUT2D eigenvalue weighted by atomic mass is 35.5. The molecule has 2 rings (SSSR count). The van der Waals surface area contributed by atoms with E-state index in [-0.39, 0.29) is 21.8 Å². The quantitative estimate of drug-likeness (QED) is 0.850. The Balaban J connectivity index is 2.57. The maximum atomic E-state index is 13.0. The smallest absolute Gasteiger partial charge is 0.338 e. The summed E-state index contributed by atoms with van der Waals surface area (Å²) in [5, 5.41) is 8.70. The third kappa shape index (κ3) is 2.46. The highest BCUT2D eigenvalue weighted by Gasteiger charge is 2.12. The van der Waals surface area contributed by atoms with Gasteiger partial charge in [0.25, 0.3) is 0 Å². The summed E-state index contributed by atoms with van der Waals surface area (Å²) in [6.07, 6.45) is 1.25. The van der Waals surface area contributed by atoms with E-state index in [0.717, 1.165) is 18.2 Å². The summed E-state index contributed by atoms with van der Waals surface area (Å²) in [6.45, 7) is 0. The lowest BCUT2D eigenvalue weighted by atomic mass is 10.1.